The molecule has 1 heterocycles. The van der Waals surface area contributed by atoms with Crippen LogP contribution in [0.5, 0.6) is 0 Å². The average Bonchev–Trinajstić information content (AvgIpc) is 2.83. The Balaban J connectivity index is 1.81. The maximum Gasteiger partial charge on any atom is 0.339 e. The van der Waals surface area contributed by atoms with Gasteiger partial charge in [0.25, 0.3) is 0 Å². The van der Waals surface area contributed by atoms with Gasteiger partial charge in [-0.05, 0) is 31.0 Å². The first kappa shape index (κ1) is 26.1. The number of nitrogens with one attached hydrogen (secondary N) is 2. The summed E-state index contributed by atoms with van der Waals surface area (Å²) < 4.78 is 10.2. The molecule has 1 aromatic heterocycles. The van der Waals surface area contributed by atoms with E-state index in [9.17, 15) is 24.0 Å². The molecule has 3 N–H and O–H groups in total. The molecule has 0 aliphatic rings. The van der Waals surface area contributed by atoms with Gasteiger partial charge in [-0.3, -0.25) is 14.4 Å². The Morgan fingerprint density at radius 3 is 2.47 bits per heavy atom. The van der Waals surface area contributed by atoms with Gasteiger partial charge < -0.3 is 24.9 Å². The number of hydrogen-bond acceptors (Lipinski definition) is 7. The summed E-state index contributed by atoms with van der Waals surface area (Å²) in [4.78, 5) is 60.4. The molecule has 0 saturated heterocycles. The van der Waals surface area contributed by atoms with Crippen molar-refractivity contribution < 1.29 is 33.4 Å². The van der Waals surface area contributed by atoms with Crippen molar-refractivity contribution in [2.75, 3.05) is 11.9 Å². The molecule has 188 valence electrons. The van der Waals surface area contributed by atoms with Gasteiger partial charge in [-0.2, -0.15) is 0 Å². The highest BCUT2D eigenvalue weighted by Crippen LogP contribution is 2.22. The standard InChI is InChI=1S/C26H26N2O8/c1-2-35-26(34)19-15-24(32)36-21-14-17(11-12-18(19)21)27-25(33)20(13-16-7-4-3-5-8-16)28-22(29)9-6-10-23(30)31/h3-5,7-8,11-12,14-15,20H,2,6,9-10,13H2,1H3,(H,27,33)(H,28,29)(H,30,31)/t20-/m0/s1. The van der Waals surface area contributed by atoms with Crippen molar-refractivity contribution in [3.05, 3.63) is 76.1 Å². The molecule has 10 nitrogen and oxygen atoms in total. The van der Waals surface area contributed by atoms with Gasteiger partial charge in [0.2, 0.25) is 11.8 Å². The lowest BCUT2D eigenvalue weighted by atomic mass is 10.0. The van der Waals surface area contributed by atoms with E-state index in [1.165, 1.54) is 18.2 Å². The van der Waals surface area contributed by atoms with Gasteiger partial charge in [-0.15, -0.1) is 0 Å². The molecule has 0 aliphatic heterocycles. The van der Waals surface area contributed by atoms with Gasteiger partial charge in [0, 0.05) is 42.5 Å². The van der Waals surface area contributed by atoms with Crippen LogP contribution in [0.1, 0.15) is 42.1 Å². The largest absolute Gasteiger partial charge is 0.481 e. The van der Waals surface area contributed by atoms with E-state index >= 15 is 0 Å². The van der Waals surface area contributed by atoms with E-state index in [4.69, 9.17) is 14.3 Å². The summed E-state index contributed by atoms with van der Waals surface area (Å²) >= 11 is 0. The van der Waals surface area contributed by atoms with Crippen LogP contribution in [0, 0.1) is 0 Å². The number of anilines is 1. The van der Waals surface area contributed by atoms with Crippen LogP contribution in [0.15, 0.2) is 63.8 Å². The number of ether oxygens (including phenoxy) is 1. The van der Waals surface area contributed by atoms with E-state index in [-0.39, 0.29) is 49.1 Å². The number of carbonyl (C=O) groups excluding carboxylic acids is 3. The highest BCUT2D eigenvalue weighted by molar-refractivity contribution is 6.04. The number of carboxylic acids is 1. The number of esters is 1. The summed E-state index contributed by atoms with van der Waals surface area (Å²) in [5, 5.41) is 14.5. The first-order valence-electron chi connectivity index (χ1n) is 11.4. The molecular formula is C26H26N2O8. The van der Waals surface area contributed by atoms with E-state index in [2.05, 4.69) is 10.6 Å². The normalized spacial score (nSPS) is 11.5. The molecule has 2 amide bonds. The van der Waals surface area contributed by atoms with Gasteiger partial charge in [-0.25, -0.2) is 9.59 Å². The zero-order valence-electron chi connectivity index (χ0n) is 19.6. The van der Waals surface area contributed by atoms with Gasteiger partial charge in [0.15, 0.2) is 0 Å². The maximum absolute atomic E-state index is 13.1. The lowest BCUT2D eigenvalue weighted by Crippen LogP contribution is -2.45. The molecule has 0 radical (unpaired) electrons. The number of aliphatic carboxylic acids is 1. The number of hydrogen-bond donors (Lipinski definition) is 3. The number of fused-ring (bicyclic) bond motifs is 1. The van der Waals surface area contributed by atoms with Crippen molar-refractivity contribution in [1.29, 1.82) is 0 Å². The van der Waals surface area contributed by atoms with E-state index in [0.717, 1.165) is 11.6 Å². The van der Waals surface area contributed by atoms with Crippen LogP contribution in [0.4, 0.5) is 5.69 Å². The fraction of sp³-hybridized carbons (Fsp3) is 0.269. The minimum Gasteiger partial charge on any atom is -0.481 e. The molecule has 10 heteroatoms. The third-order valence-corrected chi connectivity index (χ3v) is 5.24. The Bertz CT molecular complexity index is 1320. The minimum atomic E-state index is -1.00. The van der Waals surface area contributed by atoms with Crippen molar-refractivity contribution in [1.82, 2.24) is 5.32 Å². The second-order valence-corrected chi connectivity index (χ2v) is 7.96. The lowest BCUT2D eigenvalue weighted by molar-refractivity contribution is -0.137. The maximum atomic E-state index is 13.1. The Morgan fingerprint density at radius 1 is 1.03 bits per heavy atom. The molecule has 0 fully saturated rings. The minimum absolute atomic E-state index is 0.0391. The summed E-state index contributed by atoms with van der Waals surface area (Å²) in [6, 6.07) is 13.7. The molecular weight excluding hydrogens is 468 g/mol. The first-order valence-corrected chi connectivity index (χ1v) is 11.4. The van der Waals surface area contributed by atoms with E-state index in [1.807, 2.05) is 30.3 Å². The van der Waals surface area contributed by atoms with Crippen molar-refractivity contribution in [3.8, 4) is 0 Å². The third kappa shape index (κ3) is 7.26. The van der Waals surface area contributed by atoms with Gasteiger partial charge in [0.1, 0.15) is 11.6 Å². The molecule has 0 saturated carbocycles. The quantitative estimate of drug-likeness (QED) is 0.272. The summed E-state index contributed by atoms with van der Waals surface area (Å²) in [7, 11) is 0. The zero-order valence-corrected chi connectivity index (χ0v) is 19.6. The summed E-state index contributed by atoms with van der Waals surface area (Å²) in [5.74, 6) is -2.64. The number of amides is 2. The molecule has 36 heavy (non-hydrogen) atoms. The second-order valence-electron chi connectivity index (χ2n) is 7.96. The van der Waals surface area contributed by atoms with Crippen molar-refractivity contribution in [3.63, 3.8) is 0 Å². The molecule has 3 rings (SSSR count). The van der Waals surface area contributed by atoms with E-state index in [1.54, 1.807) is 6.92 Å². The predicted octanol–water partition coefficient (Wildman–Crippen LogP) is 2.89. The smallest absolute Gasteiger partial charge is 0.339 e. The van der Waals surface area contributed by atoms with Crippen LogP contribution in [0.3, 0.4) is 0 Å². The molecule has 0 unspecified atom stereocenters. The number of carbonyl (C=O) groups is 4. The second kappa shape index (κ2) is 12.3. The van der Waals surface area contributed by atoms with Crippen molar-refractivity contribution >= 4 is 40.4 Å². The Kier molecular flexibility index (Phi) is 8.93. The van der Waals surface area contributed by atoms with Crippen molar-refractivity contribution in [2.24, 2.45) is 0 Å². The predicted molar refractivity (Wildman–Crippen MR) is 131 cm³/mol. The van der Waals surface area contributed by atoms with Crippen LogP contribution in [-0.4, -0.2) is 41.5 Å². The lowest BCUT2D eigenvalue weighted by Gasteiger charge is -2.19. The fourth-order valence-corrected chi connectivity index (χ4v) is 3.57. The molecule has 2 aromatic carbocycles. The zero-order chi connectivity index (χ0) is 26.1. The monoisotopic (exact) mass is 494 g/mol. The molecule has 0 aliphatic carbocycles. The Morgan fingerprint density at radius 2 is 1.78 bits per heavy atom. The molecule has 3 aromatic rings. The van der Waals surface area contributed by atoms with E-state index < -0.39 is 35.4 Å². The molecule has 0 bridgehead atoms. The van der Waals surface area contributed by atoms with Crippen LogP contribution in [0.2, 0.25) is 0 Å². The third-order valence-electron chi connectivity index (χ3n) is 5.24. The number of rotatable bonds is 11. The van der Waals surface area contributed by atoms with Crippen molar-refractivity contribution in [2.45, 2.75) is 38.6 Å². The summed E-state index contributed by atoms with van der Waals surface area (Å²) in [5.41, 5.74) is 0.490. The van der Waals surface area contributed by atoms with Gasteiger partial charge in [-0.1, -0.05) is 30.3 Å². The highest BCUT2D eigenvalue weighted by Gasteiger charge is 2.22. The van der Waals surface area contributed by atoms with E-state index in [0.29, 0.717) is 5.39 Å². The highest BCUT2D eigenvalue weighted by atomic mass is 16.5. The fourth-order valence-electron chi connectivity index (χ4n) is 3.57. The Hall–Kier alpha value is -4.47. The molecule has 0 spiro atoms. The van der Waals surface area contributed by atoms with Crippen LogP contribution in [-0.2, 0) is 25.5 Å². The van der Waals surface area contributed by atoms with Crippen LogP contribution < -0.4 is 16.3 Å². The van der Waals surface area contributed by atoms with Gasteiger partial charge in [0.05, 0.1) is 12.2 Å². The topological polar surface area (TPSA) is 152 Å². The average molecular weight is 495 g/mol. The summed E-state index contributed by atoms with van der Waals surface area (Å²) in [6.07, 6.45) is 0.155. The van der Waals surface area contributed by atoms with Crippen LogP contribution >= 0.6 is 0 Å². The summed E-state index contributed by atoms with van der Waals surface area (Å²) in [6.45, 7) is 1.79. The number of benzene rings is 2. The molecule has 1 atom stereocenters. The van der Waals surface area contributed by atoms with Gasteiger partial charge >= 0.3 is 17.6 Å². The van der Waals surface area contributed by atoms with Crippen LogP contribution in [0.25, 0.3) is 11.0 Å². The SMILES string of the molecule is CCOC(=O)c1cc(=O)oc2cc(NC(=O)[C@H](Cc3ccccc3)NC(=O)CCCC(=O)O)ccc12. The number of carboxylic acid groups (broad SMARTS) is 1. The first-order chi connectivity index (χ1) is 17.3. The Labute approximate surface area is 206 Å².